The summed E-state index contributed by atoms with van der Waals surface area (Å²) in [6, 6.07) is 7.63. The molecule has 1 aromatic heterocycles. The van der Waals surface area contributed by atoms with E-state index in [-0.39, 0.29) is 0 Å². The zero-order chi connectivity index (χ0) is 11.5. The van der Waals surface area contributed by atoms with Crippen molar-refractivity contribution in [3.05, 3.63) is 41.6 Å². The van der Waals surface area contributed by atoms with Crippen molar-refractivity contribution in [2.24, 2.45) is 0 Å². The standard InChI is InChI=1S/C12H11NO3/c1-8-5-3-4-6-9(8)11-10(7-13-16-11)12(14)15-2/h3-7H,1-2H3. The minimum atomic E-state index is -0.445. The lowest BCUT2D eigenvalue weighted by atomic mass is 10.0. The number of aromatic nitrogens is 1. The minimum Gasteiger partial charge on any atom is -0.465 e. The van der Waals surface area contributed by atoms with E-state index >= 15 is 0 Å². The summed E-state index contributed by atoms with van der Waals surface area (Å²) in [5.74, 6) is 0.00412. The third kappa shape index (κ3) is 1.69. The van der Waals surface area contributed by atoms with Crippen LogP contribution >= 0.6 is 0 Å². The SMILES string of the molecule is COC(=O)c1cnoc1-c1ccccc1C. The first kappa shape index (κ1) is 10.4. The van der Waals surface area contributed by atoms with Gasteiger partial charge in [-0.05, 0) is 12.5 Å². The Hall–Kier alpha value is -2.10. The van der Waals surface area contributed by atoms with Crippen LogP contribution in [0, 0.1) is 6.92 Å². The molecule has 0 atom stereocenters. The van der Waals surface area contributed by atoms with Gasteiger partial charge in [0.25, 0.3) is 0 Å². The molecule has 0 aliphatic carbocycles. The second kappa shape index (κ2) is 4.18. The van der Waals surface area contributed by atoms with Gasteiger partial charge < -0.3 is 9.26 Å². The molecule has 0 spiro atoms. The molecule has 0 radical (unpaired) electrons. The molecule has 16 heavy (non-hydrogen) atoms. The maximum absolute atomic E-state index is 11.5. The van der Waals surface area contributed by atoms with Gasteiger partial charge in [0.1, 0.15) is 5.56 Å². The molecule has 1 aromatic carbocycles. The normalized spacial score (nSPS) is 10.1. The van der Waals surface area contributed by atoms with Crippen molar-refractivity contribution in [1.29, 1.82) is 0 Å². The number of nitrogens with zero attached hydrogens (tertiary/aromatic N) is 1. The summed E-state index contributed by atoms with van der Waals surface area (Å²) in [4.78, 5) is 11.5. The molecule has 0 aliphatic heterocycles. The van der Waals surface area contributed by atoms with Crippen molar-refractivity contribution >= 4 is 5.97 Å². The molecule has 4 heteroatoms. The molecule has 0 N–H and O–H groups in total. The van der Waals surface area contributed by atoms with E-state index in [1.807, 2.05) is 31.2 Å². The van der Waals surface area contributed by atoms with Crippen molar-refractivity contribution in [2.45, 2.75) is 6.92 Å². The number of esters is 1. The average Bonchev–Trinajstić information content (AvgIpc) is 2.77. The van der Waals surface area contributed by atoms with E-state index < -0.39 is 5.97 Å². The molecule has 0 aliphatic rings. The molecule has 0 unspecified atom stereocenters. The number of rotatable bonds is 2. The third-order valence-corrected chi connectivity index (χ3v) is 2.37. The van der Waals surface area contributed by atoms with Crippen LogP contribution in [0.1, 0.15) is 15.9 Å². The van der Waals surface area contributed by atoms with E-state index in [4.69, 9.17) is 4.52 Å². The smallest absolute Gasteiger partial charge is 0.343 e. The number of methoxy groups -OCH3 is 1. The summed E-state index contributed by atoms with van der Waals surface area (Å²) >= 11 is 0. The van der Waals surface area contributed by atoms with Gasteiger partial charge in [0, 0.05) is 5.56 Å². The quantitative estimate of drug-likeness (QED) is 0.725. The van der Waals surface area contributed by atoms with Crippen LogP contribution < -0.4 is 0 Å². The number of aryl methyl sites for hydroxylation is 1. The van der Waals surface area contributed by atoms with Gasteiger partial charge in [-0.2, -0.15) is 0 Å². The summed E-state index contributed by atoms with van der Waals surface area (Å²) in [5, 5.41) is 3.63. The Bertz CT molecular complexity index is 516. The lowest BCUT2D eigenvalue weighted by molar-refractivity contribution is 0.0601. The van der Waals surface area contributed by atoms with Crippen LogP contribution in [-0.2, 0) is 4.74 Å². The third-order valence-electron chi connectivity index (χ3n) is 2.37. The molecule has 0 bridgehead atoms. The lowest BCUT2D eigenvalue weighted by Crippen LogP contribution is -2.01. The second-order valence-electron chi connectivity index (χ2n) is 3.38. The fourth-order valence-electron chi connectivity index (χ4n) is 1.52. The van der Waals surface area contributed by atoms with Crippen LogP contribution in [0.4, 0.5) is 0 Å². The highest BCUT2D eigenvalue weighted by Gasteiger charge is 2.19. The van der Waals surface area contributed by atoms with E-state index in [0.29, 0.717) is 11.3 Å². The zero-order valence-corrected chi connectivity index (χ0v) is 9.06. The van der Waals surface area contributed by atoms with Gasteiger partial charge in [-0.3, -0.25) is 0 Å². The topological polar surface area (TPSA) is 52.3 Å². The molecular weight excluding hydrogens is 206 g/mol. The summed E-state index contributed by atoms with van der Waals surface area (Å²) in [6.45, 7) is 1.94. The Morgan fingerprint density at radius 2 is 2.12 bits per heavy atom. The van der Waals surface area contributed by atoms with E-state index in [2.05, 4.69) is 9.89 Å². The Kier molecular flexibility index (Phi) is 2.72. The fourth-order valence-corrected chi connectivity index (χ4v) is 1.52. The molecule has 1 heterocycles. The van der Waals surface area contributed by atoms with Gasteiger partial charge in [-0.15, -0.1) is 0 Å². The second-order valence-corrected chi connectivity index (χ2v) is 3.38. The maximum atomic E-state index is 11.5. The van der Waals surface area contributed by atoms with Crippen LogP contribution in [0.5, 0.6) is 0 Å². The first-order valence-corrected chi connectivity index (χ1v) is 4.83. The number of hydrogen-bond acceptors (Lipinski definition) is 4. The number of ether oxygens (including phenoxy) is 1. The Morgan fingerprint density at radius 1 is 1.38 bits per heavy atom. The van der Waals surface area contributed by atoms with Crippen molar-refractivity contribution in [3.63, 3.8) is 0 Å². The van der Waals surface area contributed by atoms with Crippen molar-refractivity contribution in [3.8, 4) is 11.3 Å². The van der Waals surface area contributed by atoms with Gasteiger partial charge >= 0.3 is 5.97 Å². The van der Waals surface area contributed by atoms with Crippen LogP contribution in [0.3, 0.4) is 0 Å². The highest BCUT2D eigenvalue weighted by atomic mass is 16.5. The van der Waals surface area contributed by atoms with E-state index in [9.17, 15) is 4.79 Å². The number of carbonyl (C=O) groups is 1. The lowest BCUT2D eigenvalue weighted by Gasteiger charge is -2.02. The highest BCUT2D eigenvalue weighted by molar-refractivity contribution is 5.95. The summed E-state index contributed by atoms with van der Waals surface area (Å²) in [7, 11) is 1.33. The van der Waals surface area contributed by atoms with Crippen LogP contribution in [0.25, 0.3) is 11.3 Å². The largest absolute Gasteiger partial charge is 0.465 e. The van der Waals surface area contributed by atoms with Crippen molar-refractivity contribution in [2.75, 3.05) is 7.11 Å². The first-order chi connectivity index (χ1) is 7.74. The molecule has 4 nitrogen and oxygen atoms in total. The van der Waals surface area contributed by atoms with E-state index in [1.54, 1.807) is 0 Å². The molecule has 0 saturated heterocycles. The molecular formula is C12H11NO3. The summed E-state index contributed by atoms with van der Waals surface area (Å²) < 4.78 is 9.76. The van der Waals surface area contributed by atoms with Gasteiger partial charge in [0.05, 0.1) is 13.3 Å². The maximum Gasteiger partial charge on any atom is 0.343 e. The van der Waals surface area contributed by atoms with Crippen LogP contribution in [0.2, 0.25) is 0 Å². The van der Waals surface area contributed by atoms with E-state index in [0.717, 1.165) is 11.1 Å². The Balaban J connectivity index is 2.53. The Morgan fingerprint density at radius 3 is 2.81 bits per heavy atom. The van der Waals surface area contributed by atoms with Crippen molar-refractivity contribution < 1.29 is 14.1 Å². The zero-order valence-electron chi connectivity index (χ0n) is 9.06. The minimum absolute atomic E-state index is 0.344. The molecule has 2 rings (SSSR count). The summed E-state index contributed by atoms with van der Waals surface area (Å²) in [5.41, 5.74) is 2.21. The molecule has 82 valence electrons. The first-order valence-electron chi connectivity index (χ1n) is 4.83. The van der Waals surface area contributed by atoms with Crippen LogP contribution in [0.15, 0.2) is 35.0 Å². The van der Waals surface area contributed by atoms with Gasteiger partial charge in [0.15, 0.2) is 5.76 Å². The predicted octanol–water partition coefficient (Wildman–Crippen LogP) is 2.44. The monoisotopic (exact) mass is 217 g/mol. The molecule has 0 fully saturated rings. The van der Waals surface area contributed by atoms with Gasteiger partial charge in [0.2, 0.25) is 0 Å². The van der Waals surface area contributed by atoms with Gasteiger partial charge in [-0.25, -0.2) is 4.79 Å². The fraction of sp³-hybridized carbons (Fsp3) is 0.167. The van der Waals surface area contributed by atoms with Crippen LogP contribution in [-0.4, -0.2) is 18.2 Å². The molecule has 0 saturated carbocycles. The average molecular weight is 217 g/mol. The number of carbonyl (C=O) groups excluding carboxylic acids is 1. The van der Waals surface area contributed by atoms with E-state index in [1.165, 1.54) is 13.3 Å². The molecule has 0 amide bonds. The van der Waals surface area contributed by atoms with Gasteiger partial charge in [-0.1, -0.05) is 29.4 Å². The highest BCUT2D eigenvalue weighted by Crippen LogP contribution is 2.26. The number of hydrogen-bond donors (Lipinski definition) is 0. The Labute approximate surface area is 92.8 Å². The summed E-state index contributed by atoms with van der Waals surface area (Å²) in [6.07, 6.45) is 1.37. The number of benzene rings is 1. The molecule has 2 aromatic rings. The van der Waals surface area contributed by atoms with Crippen molar-refractivity contribution in [1.82, 2.24) is 5.16 Å². The predicted molar refractivity (Wildman–Crippen MR) is 58.0 cm³/mol.